The molecule has 0 aliphatic carbocycles. The third-order valence-electron chi connectivity index (χ3n) is 5.82. The summed E-state index contributed by atoms with van der Waals surface area (Å²) < 4.78 is 0. The molecule has 0 spiro atoms. The van der Waals surface area contributed by atoms with Gasteiger partial charge < -0.3 is 15.7 Å². The molecule has 2 aromatic rings. The Morgan fingerprint density at radius 2 is 1.83 bits per heavy atom. The molecular formula is C21H33Cl2N5O. The lowest BCUT2D eigenvalue weighted by molar-refractivity contribution is 0.188. The van der Waals surface area contributed by atoms with Gasteiger partial charge in [-0.15, -0.1) is 24.8 Å². The Kier molecular flexibility index (Phi) is 8.94. The van der Waals surface area contributed by atoms with Gasteiger partial charge in [0.25, 0.3) is 0 Å². The second kappa shape index (κ2) is 10.8. The Morgan fingerprint density at radius 1 is 1.07 bits per heavy atom. The average molecular weight is 442 g/mol. The number of aliphatic hydroxyl groups is 1. The van der Waals surface area contributed by atoms with Gasteiger partial charge in [0.2, 0.25) is 0 Å². The standard InChI is InChI=1S/C21H31N5O.2ClH/c1-16-2-3-17-13-18(14-25-5-4-19(22)15-25)21(23-20(17)12-16)26-8-6-24(7-9-26)10-11-27;;/h2-3,12-13,19,27H,4-11,14-15,22H2,1H3;2*1H. The van der Waals surface area contributed by atoms with Gasteiger partial charge in [0.1, 0.15) is 5.82 Å². The van der Waals surface area contributed by atoms with Crippen molar-refractivity contribution in [1.82, 2.24) is 14.8 Å². The Balaban J connectivity index is 0.00000150. The fourth-order valence-electron chi connectivity index (χ4n) is 4.27. The van der Waals surface area contributed by atoms with E-state index in [1.54, 1.807) is 0 Å². The highest BCUT2D eigenvalue weighted by atomic mass is 35.5. The van der Waals surface area contributed by atoms with Crippen LogP contribution < -0.4 is 10.6 Å². The number of aryl methyl sites for hydroxylation is 1. The van der Waals surface area contributed by atoms with E-state index in [4.69, 9.17) is 10.7 Å². The predicted molar refractivity (Wildman–Crippen MR) is 125 cm³/mol. The van der Waals surface area contributed by atoms with Gasteiger partial charge in [-0.05, 0) is 31.0 Å². The zero-order valence-corrected chi connectivity index (χ0v) is 18.7. The monoisotopic (exact) mass is 441 g/mol. The number of likely N-dealkylation sites (tertiary alicyclic amines) is 1. The Bertz CT molecular complexity index is 798. The number of rotatable bonds is 5. The lowest BCUT2D eigenvalue weighted by Gasteiger charge is -2.36. The SMILES string of the molecule is Cc1ccc2cc(CN3CCC(N)C3)c(N3CCN(CCO)CC3)nc2c1.Cl.Cl. The molecule has 0 bridgehead atoms. The Labute approximate surface area is 185 Å². The third-order valence-corrected chi connectivity index (χ3v) is 5.82. The van der Waals surface area contributed by atoms with Crippen LogP contribution in [0.5, 0.6) is 0 Å². The fourth-order valence-corrected chi connectivity index (χ4v) is 4.27. The van der Waals surface area contributed by atoms with E-state index in [0.717, 1.165) is 70.1 Å². The van der Waals surface area contributed by atoms with E-state index in [0.29, 0.717) is 6.04 Å². The number of pyridine rings is 1. The summed E-state index contributed by atoms with van der Waals surface area (Å²) in [5.74, 6) is 1.12. The third kappa shape index (κ3) is 5.72. The van der Waals surface area contributed by atoms with Crippen LogP contribution in [-0.4, -0.2) is 78.4 Å². The molecule has 4 rings (SSSR count). The van der Waals surface area contributed by atoms with Crippen molar-refractivity contribution < 1.29 is 5.11 Å². The zero-order valence-electron chi connectivity index (χ0n) is 17.1. The first-order chi connectivity index (χ1) is 13.1. The van der Waals surface area contributed by atoms with Gasteiger partial charge in [-0.3, -0.25) is 9.80 Å². The molecule has 1 unspecified atom stereocenters. The molecule has 1 aromatic carbocycles. The van der Waals surface area contributed by atoms with Crippen molar-refractivity contribution in [2.45, 2.75) is 25.9 Å². The summed E-state index contributed by atoms with van der Waals surface area (Å²) in [6.45, 7) is 9.92. The van der Waals surface area contributed by atoms with E-state index in [-0.39, 0.29) is 31.4 Å². The summed E-state index contributed by atoms with van der Waals surface area (Å²) in [4.78, 5) is 12.3. The van der Waals surface area contributed by atoms with Crippen LogP contribution in [0, 0.1) is 6.92 Å². The van der Waals surface area contributed by atoms with Gasteiger partial charge >= 0.3 is 0 Å². The van der Waals surface area contributed by atoms with Gasteiger partial charge in [-0.1, -0.05) is 12.1 Å². The number of β-amino-alcohol motifs (C(OH)–C–C–N with tert-alkyl or cyclic N) is 1. The molecule has 0 amide bonds. The van der Waals surface area contributed by atoms with Crippen molar-refractivity contribution in [2.24, 2.45) is 5.73 Å². The molecule has 3 N–H and O–H groups in total. The van der Waals surface area contributed by atoms with Crippen molar-refractivity contribution in [2.75, 3.05) is 57.3 Å². The summed E-state index contributed by atoms with van der Waals surface area (Å²) in [6.07, 6.45) is 1.08. The molecule has 0 saturated carbocycles. The number of piperazine rings is 1. The van der Waals surface area contributed by atoms with E-state index in [2.05, 4.69) is 45.9 Å². The summed E-state index contributed by atoms with van der Waals surface area (Å²) in [7, 11) is 0. The zero-order chi connectivity index (χ0) is 18.8. The van der Waals surface area contributed by atoms with Crippen LogP contribution in [0.1, 0.15) is 17.5 Å². The molecule has 2 aliphatic rings. The number of nitrogens with zero attached hydrogens (tertiary/aromatic N) is 4. The van der Waals surface area contributed by atoms with Crippen LogP contribution in [0.15, 0.2) is 24.3 Å². The molecule has 2 saturated heterocycles. The van der Waals surface area contributed by atoms with Crippen LogP contribution in [0.2, 0.25) is 0 Å². The first-order valence-electron chi connectivity index (χ1n) is 10.1. The van der Waals surface area contributed by atoms with Crippen LogP contribution in [0.3, 0.4) is 0 Å². The minimum Gasteiger partial charge on any atom is -0.395 e. The summed E-state index contributed by atoms with van der Waals surface area (Å²) in [5, 5.41) is 10.4. The Morgan fingerprint density at radius 3 is 2.48 bits per heavy atom. The van der Waals surface area contributed by atoms with Crippen molar-refractivity contribution >= 4 is 41.5 Å². The smallest absolute Gasteiger partial charge is 0.133 e. The van der Waals surface area contributed by atoms with E-state index >= 15 is 0 Å². The summed E-state index contributed by atoms with van der Waals surface area (Å²) >= 11 is 0. The normalized spacial score (nSPS) is 20.5. The number of nitrogens with two attached hydrogens (primary N) is 1. The molecular weight excluding hydrogens is 409 g/mol. The molecule has 2 aliphatic heterocycles. The molecule has 1 atom stereocenters. The van der Waals surface area contributed by atoms with Crippen LogP contribution >= 0.6 is 24.8 Å². The highest BCUT2D eigenvalue weighted by Gasteiger charge is 2.24. The largest absolute Gasteiger partial charge is 0.395 e. The maximum absolute atomic E-state index is 9.19. The number of aromatic nitrogens is 1. The van der Waals surface area contributed by atoms with Crippen molar-refractivity contribution in [3.63, 3.8) is 0 Å². The second-order valence-corrected chi connectivity index (χ2v) is 8.00. The van der Waals surface area contributed by atoms with Gasteiger partial charge in [0.05, 0.1) is 12.1 Å². The molecule has 8 heteroatoms. The van der Waals surface area contributed by atoms with E-state index in [9.17, 15) is 5.11 Å². The number of fused-ring (bicyclic) bond motifs is 1. The van der Waals surface area contributed by atoms with Gasteiger partial charge in [0, 0.05) is 69.3 Å². The minimum absolute atomic E-state index is 0. The minimum atomic E-state index is 0. The number of halogens is 2. The van der Waals surface area contributed by atoms with Gasteiger partial charge in [-0.2, -0.15) is 0 Å². The fraction of sp³-hybridized carbons (Fsp3) is 0.571. The number of hydrogen-bond donors (Lipinski definition) is 2. The molecule has 2 fully saturated rings. The number of anilines is 1. The lowest BCUT2D eigenvalue weighted by Crippen LogP contribution is -2.47. The van der Waals surface area contributed by atoms with Crippen molar-refractivity contribution in [3.8, 4) is 0 Å². The number of benzene rings is 1. The molecule has 1 aromatic heterocycles. The van der Waals surface area contributed by atoms with Crippen LogP contribution in [0.4, 0.5) is 5.82 Å². The molecule has 3 heterocycles. The highest BCUT2D eigenvalue weighted by molar-refractivity contribution is 5.85. The maximum atomic E-state index is 9.19. The summed E-state index contributed by atoms with van der Waals surface area (Å²) in [6, 6.07) is 9.14. The van der Waals surface area contributed by atoms with Gasteiger partial charge in [-0.25, -0.2) is 4.98 Å². The predicted octanol–water partition coefficient (Wildman–Crippen LogP) is 2.03. The van der Waals surface area contributed by atoms with Crippen molar-refractivity contribution in [1.29, 1.82) is 0 Å². The quantitative estimate of drug-likeness (QED) is 0.739. The van der Waals surface area contributed by atoms with E-state index < -0.39 is 0 Å². The number of hydrogen-bond acceptors (Lipinski definition) is 6. The molecule has 0 radical (unpaired) electrons. The first-order valence-corrected chi connectivity index (χ1v) is 10.1. The maximum Gasteiger partial charge on any atom is 0.133 e. The molecule has 29 heavy (non-hydrogen) atoms. The van der Waals surface area contributed by atoms with E-state index in [1.807, 2.05) is 0 Å². The first kappa shape index (κ1) is 24.1. The van der Waals surface area contributed by atoms with Gasteiger partial charge in [0.15, 0.2) is 0 Å². The molecule has 162 valence electrons. The van der Waals surface area contributed by atoms with Crippen LogP contribution in [0.25, 0.3) is 10.9 Å². The average Bonchev–Trinajstić information content (AvgIpc) is 3.07. The van der Waals surface area contributed by atoms with Crippen molar-refractivity contribution in [3.05, 3.63) is 35.4 Å². The number of aliphatic hydroxyl groups excluding tert-OH is 1. The Hall–Kier alpha value is -1.15. The van der Waals surface area contributed by atoms with E-state index in [1.165, 1.54) is 16.5 Å². The highest BCUT2D eigenvalue weighted by Crippen LogP contribution is 2.27. The van der Waals surface area contributed by atoms with Crippen LogP contribution in [-0.2, 0) is 6.54 Å². The lowest BCUT2D eigenvalue weighted by atomic mass is 10.1. The topological polar surface area (TPSA) is 68.9 Å². The summed E-state index contributed by atoms with van der Waals surface area (Å²) in [5.41, 5.74) is 9.74. The second-order valence-electron chi connectivity index (χ2n) is 8.00. The molecule has 6 nitrogen and oxygen atoms in total.